The summed E-state index contributed by atoms with van der Waals surface area (Å²) in [6, 6.07) is 12.9. The fourth-order valence-electron chi connectivity index (χ4n) is 2.69. The van der Waals surface area contributed by atoms with Crippen LogP contribution in [0, 0.1) is 0 Å². The van der Waals surface area contributed by atoms with Gasteiger partial charge in [-0.15, -0.1) is 0 Å². The zero-order valence-electron chi connectivity index (χ0n) is 16.1. The Bertz CT molecular complexity index is 804. The summed E-state index contributed by atoms with van der Waals surface area (Å²) in [6.45, 7) is 6.03. The highest BCUT2D eigenvalue weighted by Crippen LogP contribution is 2.27. The highest BCUT2D eigenvalue weighted by atomic mass is 35.5. The van der Waals surface area contributed by atoms with Gasteiger partial charge in [-0.25, -0.2) is 0 Å². The van der Waals surface area contributed by atoms with Crippen molar-refractivity contribution in [3.05, 3.63) is 53.1 Å². The Morgan fingerprint density at radius 2 is 1.81 bits per heavy atom. The van der Waals surface area contributed by atoms with Gasteiger partial charge in [0.15, 0.2) is 0 Å². The molecular weight excluding hydrogens is 364 g/mol. The van der Waals surface area contributed by atoms with Gasteiger partial charge in [0.05, 0.1) is 12.1 Å². The second-order valence-corrected chi connectivity index (χ2v) is 6.97. The second-order valence-electron chi connectivity index (χ2n) is 6.56. The molecule has 0 aliphatic carbocycles. The number of amides is 2. The van der Waals surface area contributed by atoms with Crippen LogP contribution in [-0.2, 0) is 9.59 Å². The van der Waals surface area contributed by atoms with Crippen LogP contribution in [0.5, 0.6) is 5.75 Å². The number of nitrogens with zero attached hydrogens (tertiary/aromatic N) is 1. The molecule has 27 heavy (non-hydrogen) atoms. The molecule has 0 saturated carbocycles. The van der Waals surface area contributed by atoms with Crippen LogP contribution >= 0.6 is 11.6 Å². The van der Waals surface area contributed by atoms with Crippen LogP contribution < -0.4 is 15.0 Å². The maximum absolute atomic E-state index is 12.3. The molecule has 5 nitrogen and oxygen atoms in total. The van der Waals surface area contributed by atoms with Crippen LogP contribution in [0.2, 0.25) is 5.02 Å². The number of halogens is 1. The number of nitrogens with one attached hydrogen (secondary N) is 1. The number of hydrogen-bond acceptors (Lipinski definition) is 3. The molecule has 0 fully saturated rings. The predicted molar refractivity (Wildman–Crippen MR) is 110 cm³/mol. The molecule has 144 valence electrons. The quantitative estimate of drug-likeness (QED) is 0.737. The van der Waals surface area contributed by atoms with Crippen molar-refractivity contribution in [2.45, 2.75) is 33.1 Å². The Morgan fingerprint density at radius 1 is 1.15 bits per heavy atom. The minimum absolute atomic E-state index is 0.104. The van der Waals surface area contributed by atoms with E-state index < -0.39 is 0 Å². The van der Waals surface area contributed by atoms with Crippen molar-refractivity contribution in [2.24, 2.45) is 0 Å². The maximum Gasteiger partial charge on any atom is 0.226 e. The van der Waals surface area contributed by atoms with Gasteiger partial charge < -0.3 is 15.0 Å². The van der Waals surface area contributed by atoms with Gasteiger partial charge in [-0.05, 0) is 41.8 Å². The molecule has 0 bridgehead atoms. The lowest BCUT2D eigenvalue weighted by Crippen LogP contribution is -2.31. The number of carbonyl (C=O) groups excluding carboxylic acids is 2. The largest absolute Gasteiger partial charge is 0.495 e. The van der Waals surface area contributed by atoms with Crippen molar-refractivity contribution in [1.82, 2.24) is 0 Å². The molecule has 0 unspecified atom stereocenters. The standard InChI is InChI=1S/C21H25ClN2O3/c1-14(2)16-5-8-18(9-6-16)24(15(3)25)12-11-21(26)23-17-7-10-20(27-4)19(22)13-17/h5-10,13-14H,11-12H2,1-4H3,(H,23,26). The summed E-state index contributed by atoms with van der Waals surface area (Å²) in [5.41, 5.74) is 2.57. The Morgan fingerprint density at radius 3 is 2.33 bits per heavy atom. The van der Waals surface area contributed by atoms with Gasteiger partial charge in [0, 0.05) is 31.3 Å². The zero-order valence-corrected chi connectivity index (χ0v) is 16.8. The summed E-state index contributed by atoms with van der Waals surface area (Å²) >= 11 is 6.07. The zero-order chi connectivity index (χ0) is 20.0. The van der Waals surface area contributed by atoms with E-state index in [4.69, 9.17) is 16.3 Å². The van der Waals surface area contributed by atoms with Crippen molar-refractivity contribution >= 4 is 34.8 Å². The molecule has 2 amide bonds. The van der Waals surface area contributed by atoms with Crippen LogP contribution in [0.3, 0.4) is 0 Å². The number of methoxy groups -OCH3 is 1. The molecule has 0 aliphatic rings. The molecular formula is C21H25ClN2O3. The Hall–Kier alpha value is -2.53. The van der Waals surface area contributed by atoms with Crippen molar-refractivity contribution < 1.29 is 14.3 Å². The molecule has 0 aromatic heterocycles. The summed E-state index contributed by atoms with van der Waals surface area (Å²) in [6.07, 6.45) is 0.176. The van der Waals surface area contributed by atoms with E-state index >= 15 is 0 Å². The molecule has 6 heteroatoms. The number of anilines is 2. The third-order valence-electron chi connectivity index (χ3n) is 4.25. The molecule has 0 saturated heterocycles. The van der Waals surface area contributed by atoms with E-state index in [0.717, 1.165) is 5.69 Å². The second kappa shape index (κ2) is 9.42. The smallest absolute Gasteiger partial charge is 0.226 e. The highest BCUT2D eigenvalue weighted by molar-refractivity contribution is 6.32. The van der Waals surface area contributed by atoms with Crippen LogP contribution in [-0.4, -0.2) is 25.5 Å². The van der Waals surface area contributed by atoms with Gasteiger partial charge in [0.2, 0.25) is 11.8 Å². The topological polar surface area (TPSA) is 58.6 Å². The lowest BCUT2D eigenvalue weighted by Gasteiger charge is -2.21. The number of hydrogen-bond donors (Lipinski definition) is 1. The minimum atomic E-state index is -0.193. The van der Waals surface area contributed by atoms with E-state index in [2.05, 4.69) is 19.2 Å². The summed E-state index contributed by atoms with van der Waals surface area (Å²) in [4.78, 5) is 25.9. The summed E-state index contributed by atoms with van der Waals surface area (Å²) < 4.78 is 5.09. The van der Waals surface area contributed by atoms with Crippen LogP contribution in [0.1, 0.15) is 38.7 Å². The van der Waals surface area contributed by atoms with Crippen molar-refractivity contribution in [3.63, 3.8) is 0 Å². The molecule has 2 aromatic rings. The van der Waals surface area contributed by atoms with Crippen molar-refractivity contribution in [2.75, 3.05) is 23.9 Å². The van der Waals surface area contributed by atoms with E-state index in [1.807, 2.05) is 24.3 Å². The minimum Gasteiger partial charge on any atom is -0.495 e. The van der Waals surface area contributed by atoms with Crippen molar-refractivity contribution in [3.8, 4) is 5.75 Å². The third-order valence-corrected chi connectivity index (χ3v) is 4.54. The first-order chi connectivity index (χ1) is 12.8. The molecule has 0 aliphatic heterocycles. The van der Waals surface area contributed by atoms with E-state index in [-0.39, 0.29) is 18.2 Å². The number of rotatable bonds is 7. The van der Waals surface area contributed by atoms with E-state index in [0.29, 0.717) is 28.9 Å². The van der Waals surface area contributed by atoms with E-state index in [9.17, 15) is 9.59 Å². The highest BCUT2D eigenvalue weighted by Gasteiger charge is 2.14. The predicted octanol–water partition coefficient (Wildman–Crippen LogP) is 4.85. The van der Waals surface area contributed by atoms with Gasteiger partial charge in [-0.1, -0.05) is 37.6 Å². The molecule has 2 rings (SSSR count). The van der Waals surface area contributed by atoms with Gasteiger partial charge in [-0.3, -0.25) is 9.59 Å². The number of ether oxygens (including phenoxy) is 1. The molecule has 1 N–H and O–H groups in total. The normalized spacial score (nSPS) is 10.6. The fourth-order valence-corrected chi connectivity index (χ4v) is 2.95. The average molecular weight is 389 g/mol. The lowest BCUT2D eigenvalue weighted by molar-refractivity contribution is -0.117. The van der Waals surface area contributed by atoms with Crippen LogP contribution in [0.4, 0.5) is 11.4 Å². The fraction of sp³-hybridized carbons (Fsp3) is 0.333. The first-order valence-electron chi connectivity index (χ1n) is 8.83. The third kappa shape index (κ3) is 5.73. The molecule has 0 heterocycles. The van der Waals surface area contributed by atoms with E-state index in [1.165, 1.54) is 19.6 Å². The maximum atomic E-state index is 12.3. The van der Waals surface area contributed by atoms with Gasteiger partial charge in [-0.2, -0.15) is 0 Å². The SMILES string of the molecule is COc1ccc(NC(=O)CCN(C(C)=O)c2ccc(C(C)C)cc2)cc1Cl. The first-order valence-corrected chi connectivity index (χ1v) is 9.21. The van der Waals surface area contributed by atoms with E-state index in [1.54, 1.807) is 23.1 Å². The van der Waals surface area contributed by atoms with Crippen molar-refractivity contribution in [1.29, 1.82) is 0 Å². The number of benzene rings is 2. The Labute approximate surface area is 165 Å². The Balaban J connectivity index is 1.99. The molecule has 2 aromatic carbocycles. The van der Waals surface area contributed by atoms with Gasteiger partial charge in [0.1, 0.15) is 5.75 Å². The number of carbonyl (C=O) groups is 2. The Kier molecular flexibility index (Phi) is 7.25. The summed E-state index contributed by atoms with van der Waals surface area (Å²) in [5, 5.41) is 3.21. The molecule has 0 radical (unpaired) electrons. The summed E-state index contributed by atoms with van der Waals surface area (Å²) in [5.74, 6) is 0.670. The molecule has 0 atom stereocenters. The lowest BCUT2D eigenvalue weighted by atomic mass is 10.0. The average Bonchev–Trinajstić information content (AvgIpc) is 2.62. The van der Waals surface area contributed by atoms with Gasteiger partial charge >= 0.3 is 0 Å². The first kappa shape index (κ1) is 20.8. The van der Waals surface area contributed by atoms with Gasteiger partial charge in [0.25, 0.3) is 0 Å². The van der Waals surface area contributed by atoms with Crippen LogP contribution in [0.15, 0.2) is 42.5 Å². The summed E-state index contributed by atoms with van der Waals surface area (Å²) in [7, 11) is 1.53. The van der Waals surface area contributed by atoms with Crippen LogP contribution in [0.25, 0.3) is 0 Å². The monoisotopic (exact) mass is 388 g/mol. The molecule has 0 spiro atoms.